The first-order valence-corrected chi connectivity index (χ1v) is 7.70. The summed E-state index contributed by atoms with van der Waals surface area (Å²) in [6.07, 6.45) is -2.53. The lowest BCUT2D eigenvalue weighted by Gasteiger charge is -2.25. The molecule has 0 aliphatic heterocycles. The molecule has 0 aliphatic rings. The summed E-state index contributed by atoms with van der Waals surface area (Å²) in [6, 6.07) is 0. The summed E-state index contributed by atoms with van der Waals surface area (Å²) >= 11 is 7.47. The summed E-state index contributed by atoms with van der Waals surface area (Å²) in [5, 5.41) is 2.06. The van der Waals surface area contributed by atoms with Crippen molar-refractivity contribution in [2.75, 3.05) is 19.0 Å². The van der Waals surface area contributed by atoms with Crippen molar-refractivity contribution in [1.29, 1.82) is 0 Å². The van der Waals surface area contributed by atoms with Gasteiger partial charge in [-0.3, -0.25) is 4.52 Å². The predicted molar refractivity (Wildman–Crippen MR) is 59.4 cm³/mol. The van der Waals surface area contributed by atoms with Gasteiger partial charge in [0.05, 0.1) is 5.33 Å². The maximum atomic E-state index is 12.8. The van der Waals surface area contributed by atoms with E-state index in [-0.39, 0.29) is 0 Å². The molecule has 0 bridgehead atoms. The molecule has 0 rings (SSSR count). The highest BCUT2D eigenvalue weighted by Crippen LogP contribution is 2.48. The van der Waals surface area contributed by atoms with Crippen LogP contribution in [0, 0.1) is 0 Å². The minimum Gasteiger partial charge on any atom is -0.321 e. The van der Waals surface area contributed by atoms with Gasteiger partial charge in [-0.15, -0.1) is 0 Å². The molecule has 0 fully saturated rings. The van der Waals surface area contributed by atoms with Crippen molar-refractivity contribution in [1.82, 2.24) is 5.09 Å². The summed E-state index contributed by atoms with van der Waals surface area (Å²) in [5.41, 5.74) is 0. The van der Waals surface area contributed by atoms with Gasteiger partial charge in [0.25, 0.3) is 6.64 Å². The number of nitrogens with one attached hydrogen (secondary N) is 1. The monoisotopic (exact) mass is 311 g/mol. The van der Waals surface area contributed by atoms with Crippen molar-refractivity contribution in [2.45, 2.75) is 19.5 Å². The quantitative estimate of drug-likeness (QED) is 0.578. The second-order valence-corrected chi connectivity index (χ2v) is 6.31. The highest BCUT2D eigenvalue weighted by atomic mass is 79.9. The first-order valence-electron chi connectivity index (χ1n) is 3.94. The zero-order chi connectivity index (χ0) is 11.2. The minimum atomic E-state index is -3.30. The van der Waals surface area contributed by atoms with E-state index in [0.29, 0.717) is 6.54 Å². The highest BCUT2D eigenvalue weighted by Gasteiger charge is 2.36. The lowest BCUT2D eigenvalue weighted by atomic mass is 10.5. The molecule has 8 heteroatoms. The minimum absolute atomic E-state index is 0.490. The number of rotatable bonds is 7. The Morgan fingerprint density at radius 1 is 1.57 bits per heavy atom. The van der Waals surface area contributed by atoms with Crippen LogP contribution in [0.2, 0.25) is 0 Å². The van der Waals surface area contributed by atoms with Crippen molar-refractivity contribution in [3.8, 4) is 0 Å². The molecule has 0 amide bonds. The van der Waals surface area contributed by atoms with Gasteiger partial charge in [-0.25, -0.2) is 5.09 Å². The van der Waals surface area contributed by atoms with E-state index < -0.39 is 18.1 Å². The summed E-state index contributed by atoms with van der Waals surface area (Å²) in [5.74, 6) is 0. The van der Waals surface area contributed by atoms with E-state index in [1.165, 1.54) is 7.11 Å². The average molecular weight is 312 g/mol. The van der Waals surface area contributed by atoms with E-state index in [1.54, 1.807) is 0 Å². The van der Waals surface area contributed by atoms with Crippen molar-refractivity contribution in [3.63, 3.8) is 0 Å². The van der Waals surface area contributed by atoms with Gasteiger partial charge in [0, 0.05) is 13.7 Å². The van der Waals surface area contributed by atoms with Gasteiger partial charge in [0.15, 0.2) is 0 Å². The van der Waals surface area contributed by atoms with E-state index in [1.807, 2.05) is 6.92 Å². The van der Waals surface area contributed by atoms with Crippen molar-refractivity contribution in [2.24, 2.45) is 0 Å². The molecular weight excluding hydrogens is 299 g/mol. The molecule has 0 spiro atoms. The van der Waals surface area contributed by atoms with Gasteiger partial charge in [0.1, 0.15) is 0 Å². The molecule has 1 atom stereocenters. The number of alkyl halides is 3. The molecule has 86 valence electrons. The predicted octanol–water partition coefficient (Wildman–Crippen LogP) is 2.86. The molecule has 1 unspecified atom stereocenters. The molecule has 0 radical (unpaired) electrons. The summed E-state index contributed by atoms with van der Waals surface area (Å²) < 4.78 is 34.9. The molecule has 0 saturated carbocycles. The summed E-state index contributed by atoms with van der Waals surface area (Å²) in [6.45, 7) is -0.668. The smallest absolute Gasteiger partial charge is 0.321 e. The molecule has 0 heterocycles. The Labute approximate surface area is 95.9 Å². The average Bonchev–Trinajstić information content (AvgIpc) is 2.14. The van der Waals surface area contributed by atoms with Crippen LogP contribution in [0.1, 0.15) is 13.3 Å². The molecule has 0 aromatic carbocycles. The first kappa shape index (κ1) is 14.9. The van der Waals surface area contributed by atoms with Crippen LogP contribution in [0.5, 0.6) is 0 Å². The van der Waals surface area contributed by atoms with Crippen LogP contribution in [-0.4, -0.2) is 25.1 Å². The molecule has 0 saturated heterocycles. The normalized spacial score (nSPS) is 16.6. The molecule has 0 aliphatic carbocycles. The fourth-order valence-corrected chi connectivity index (χ4v) is 2.66. The van der Waals surface area contributed by atoms with Crippen LogP contribution in [0.3, 0.4) is 0 Å². The van der Waals surface area contributed by atoms with Gasteiger partial charge >= 0.3 is 6.11 Å². The van der Waals surface area contributed by atoms with Gasteiger partial charge in [-0.1, -0.05) is 22.9 Å². The molecular formula is C6H13BrF2NO2PS. The van der Waals surface area contributed by atoms with Crippen LogP contribution in [0.4, 0.5) is 8.78 Å². The Kier molecular flexibility index (Phi) is 6.85. The van der Waals surface area contributed by atoms with Gasteiger partial charge in [-0.05, 0) is 18.2 Å². The second-order valence-electron chi connectivity index (χ2n) is 2.45. The molecule has 3 nitrogen and oxygen atoms in total. The number of hydrogen-bond acceptors (Lipinski definition) is 3. The summed E-state index contributed by atoms with van der Waals surface area (Å²) in [4.78, 5) is 0. The largest absolute Gasteiger partial charge is 0.371 e. The molecule has 14 heavy (non-hydrogen) atoms. The second kappa shape index (κ2) is 6.45. The molecule has 1 N–H and O–H groups in total. The standard InChI is InChI=1S/C6H13BrF2NO2PS/c1-3-4-10-13(14,11-2)12-6(8,9)5-7/h3-5H2,1-2H3,(H,10,14). The van der Waals surface area contributed by atoms with E-state index >= 15 is 0 Å². The Balaban J connectivity index is 4.32. The van der Waals surface area contributed by atoms with Crippen LogP contribution in [0.15, 0.2) is 0 Å². The molecule has 0 aromatic heterocycles. The summed E-state index contributed by atoms with van der Waals surface area (Å²) in [7, 11) is 1.26. The van der Waals surface area contributed by atoms with Crippen LogP contribution in [-0.2, 0) is 20.9 Å². The third-order valence-electron chi connectivity index (χ3n) is 1.21. The highest BCUT2D eigenvalue weighted by molar-refractivity contribution is 9.09. The Morgan fingerprint density at radius 3 is 2.50 bits per heavy atom. The third kappa shape index (κ3) is 5.68. The van der Waals surface area contributed by atoms with Crippen LogP contribution >= 0.6 is 22.6 Å². The van der Waals surface area contributed by atoms with E-state index in [0.717, 1.165) is 6.42 Å². The molecule has 0 aromatic rings. The Hall–Kier alpha value is 0.870. The van der Waals surface area contributed by atoms with Gasteiger partial charge in [0.2, 0.25) is 0 Å². The van der Waals surface area contributed by atoms with Crippen LogP contribution < -0.4 is 5.09 Å². The van der Waals surface area contributed by atoms with Gasteiger partial charge < -0.3 is 4.52 Å². The lowest BCUT2D eigenvalue weighted by Crippen LogP contribution is -2.26. The maximum absolute atomic E-state index is 12.8. The van der Waals surface area contributed by atoms with Crippen molar-refractivity contribution < 1.29 is 17.8 Å². The fraction of sp³-hybridized carbons (Fsp3) is 1.00. The van der Waals surface area contributed by atoms with Crippen LogP contribution in [0.25, 0.3) is 0 Å². The van der Waals surface area contributed by atoms with E-state index in [2.05, 4.69) is 25.5 Å². The zero-order valence-corrected chi connectivity index (χ0v) is 11.2. The van der Waals surface area contributed by atoms with E-state index in [4.69, 9.17) is 16.3 Å². The number of halogens is 3. The maximum Gasteiger partial charge on any atom is 0.371 e. The van der Waals surface area contributed by atoms with Gasteiger partial charge in [-0.2, -0.15) is 8.78 Å². The first-order chi connectivity index (χ1) is 6.39. The lowest BCUT2D eigenvalue weighted by molar-refractivity contribution is -0.154. The Bertz CT molecular complexity index is 220. The van der Waals surface area contributed by atoms with E-state index in [9.17, 15) is 8.78 Å². The van der Waals surface area contributed by atoms with Crippen molar-refractivity contribution in [3.05, 3.63) is 0 Å². The van der Waals surface area contributed by atoms with Crippen molar-refractivity contribution >= 4 is 34.4 Å². The third-order valence-corrected chi connectivity index (χ3v) is 4.52. The topological polar surface area (TPSA) is 30.5 Å². The number of hydrogen-bond donors (Lipinski definition) is 1. The SMILES string of the molecule is CCCNP(=S)(OC)OC(F)(F)CBr. The Morgan fingerprint density at radius 2 is 2.14 bits per heavy atom. The fourth-order valence-electron chi connectivity index (χ4n) is 0.583. The zero-order valence-electron chi connectivity index (χ0n) is 7.93.